The zero-order valence-electron chi connectivity index (χ0n) is 14.3. The number of esters is 1. The number of halogens is 4. The summed E-state index contributed by atoms with van der Waals surface area (Å²) in [6, 6.07) is 13.9. The molecule has 7 heteroatoms. The Morgan fingerprint density at radius 1 is 1.08 bits per heavy atom. The van der Waals surface area contributed by atoms with Crippen molar-refractivity contribution in [3.63, 3.8) is 0 Å². The van der Waals surface area contributed by atoms with Crippen molar-refractivity contribution in [2.24, 2.45) is 0 Å². The second kappa shape index (κ2) is 10.2. The molecular weight excluding hydrogens is 367 g/mol. The second-order valence-corrected chi connectivity index (χ2v) is 5.76. The SMILES string of the molecule is CC(Cc1ccc(C(F)(F)F)cc1)NCCOC(=O)c1ccccc1.Cl. The first-order chi connectivity index (χ1) is 11.9. The molecule has 142 valence electrons. The number of hydrogen-bond acceptors (Lipinski definition) is 3. The van der Waals surface area contributed by atoms with Crippen molar-refractivity contribution in [3.05, 3.63) is 71.3 Å². The van der Waals surface area contributed by atoms with Crippen molar-refractivity contribution in [2.75, 3.05) is 13.2 Å². The van der Waals surface area contributed by atoms with Crippen molar-refractivity contribution < 1.29 is 22.7 Å². The largest absolute Gasteiger partial charge is 0.461 e. The van der Waals surface area contributed by atoms with E-state index >= 15 is 0 Å². The Morgan fingerprint density at radius 2 is 1.69 bits per heavy atom. The third-order valence-electron chi connectivity index (χ3n) is 3.66. The maximum atomic E-state index is 12.5. The van der Waals surface area contributed by atoms with Crippen LogP contribution >= 0.6 is 12.4 Å². The minimum Gasteiger partial charge on any atom is -0.461 e. The van der Waals surface area contributed by atoms with Gasteiger partial charge in [0.05, 0.1) is 11.1 Å². The highest BCUT2D eigenvalue weighted by Crippen LogP contribution is 2.29. The van der Waals surface area contributed by atoms with Gasteiger partial charge in [-0.3, -0.25) is 0 Å². The van der Waals surface area contributed by atoms with Crippen LogP contribution in [0, 0.1) is 0 Å². The van der Waals surface area contributed by atoms with E-state index in [2.05, 4.69) is 5.32 Å². The van der Waals surface area contributed by atoms with Gasteiger partial charge in [0.1, 0.15) is 6.61 Å². The molecule has 0 amide bonds. The Hall–Kier alpha value is -2.05. The van der Waals surface area contributed by atoms with Crippen LogP contribution in [0.2, 0.25) is 0 Å². The molecule has 3 nitrogen and oxygen atoms in total. The minimum atomic E-state index is -4.31. The molecule has 0 saturated heterocycles. The maximum Gasteiger partial charge on any atom is 0.416 e. The topological polar surface area (TPSA) is 38.3 Å². The number of benzene rings is 2. The summed E-state index contributed by atoms with van der Waals surface area (Å²) in [4.78, 5) is 11.8. The fraction of sp³-hybridized carbons (Fsp3) is 0.316. The molecule has 0 heterocycles. The van der Waals surface area contributed by atoms with Crippen LogP contribution < -0.4 is 5.32 Å². The molecule has 2 rings (SSSR count). The van der Waals surface area contributed by atoms with Crippen LogP contribution in [0.25, 0.3) is 0 Å². The van der Waals surface area contributed by atoms with E-state index in [1.165, 1.54) is 12.1 Å². The van der Waals surface area contributed by atoms with Gasteiger partial charge in [0.15, 0.2) is 0 Å². The van der Waals surface area contributed by atoms with Crippen LogP contribution in [0.3, 0.4) is 0 Å². The predicted molar refractivity (Wildman–Crippen MR) is 96.6 cm³/mol. The van der Waals surface area contributed by atoms with Crippen molar-refractivity contribution in [1.29, 1.82) is 0 Å². The first-order valence-electron chi connectivity index (χ1n) is 7.98. The minimum absolute atomic E-state index is 0. The van der Waals surface area contributed by atoms with E-state index in [1.54, 1.807) is 24.3 Å². The van der Waals surface area contributed by atoms with Gasteiger partial charge in [-0.25, -0.2) is 4.79 Å². The summed E-state index contributed by atoms with van der Waals surface area (Å²) in [5.41, 5.74) is 0.666. The molecule has 1 unspecified atom stereocenters. The number of carbonyl (C=O) groups excluding carboxylic acids is 1. The average molecular weight is 388 g/mol. The highest BCUT2D eigenvalue weighted by molar-refractivity contribution is 5.89. The van der Waals surface area contributed by atoms with E-state index in [0.29, 0.717) is 18.5 Å². The van der Waals surface area contributed by atoms with Gasteiger partial charge in [-0.05, 0) is 43.2 Å². The van der Waals surface area contributed by atoms with Crippen LogP contribution in [0.15, 0.2) is 54.6 Å². The summed E-state index contributed by atoms with van der Waals surface area (Å²) in [6.45, 7) is 2.63. The lowest BCUT2D eigenvalue weighted by Crippen LogP contribution is -2.31. The monoisotopic (exact) mass is 387 g/mol. The third-order valence-corrected chi connectivity index (χ3v) is 3.66. The maximum absolute atomic E-state index is 12.5. The van der Waals surface area contributed by atoms with E-state index in [9.17, 15) is 18.0 Å². The second-order valence-electron chi connectivity index (χ2n) is 5.76. The Balaban J connectivity index is 0.00000338. The Morgan fingerprint density at radius 3 is 2.27 bits per heavy atom. The molecule has 26 heavy (non-hydrogen) atoms. The lowest BCUT2D eigenvalue weighted by molar-refractivity contribution is -0.137. The number of hydrogen-bond donors (Lipinski definition) is 1. The van der Waals surface area contributed by atoms with Crippen LogP contribution in [0.5, 0.6) is 0 Å². The molecule has 0 aliphatic heterocycles. The first-order valence-corrected chi connectivity index (χ1v) is 7.98. The summed E-state index contributed by atoms with van der Waals surface area (Å²) in [5, 5.41) is 3.18. The molecule has 0 spiro atoms. The molecule has 0 fully saturated rings. The van der Waals surface area contributed by atoms with Gasteiger partial charge in [-0.15, -0.1) is 12.4 Å². The van der Waals surface area contributed by atoms with E-state index in [4.69, 9.17) is 4.74 Å². The standard InChI is InChI=1S/C19H20F3NO2.ClH/c1-14(13-15-7-9-17(10-8-15)19(20,21)22)23-11-12-25-18(24)16-5-3-2-4-6-16;/h2-10,14,23H,11-13H2,1H3;1H. The lowest BCUT2D eigenvalue weighted by Gasteiger charge is -2.14. The summed E-state index contributed by atoms with van der Waals surface area (Å²) >= 11 is 0. The molecule has 0 aromatic heterocycles. The summed E-state index contributed by atoms with van der Waals surface area (Å²) in [5.74, 6) is -0.377. The van der Waals surface area contributed by atoms with Gasteiger partial charge in [0.2, 0.25) is 0 Å². The molecule has 2 aromatic carbocycles. The molecule has 0 radical (unpaired) electrons. The molecule has 1 atom stereocenters. The zero-order chi connectivity index (χ0) is 18.3. The predicted octanol–water partition coefficient (Wildman–Crippen LogP) is 4.50. The molecule has 0 aliphatic carbocycles. The molecular formula is C19H21ClF3NO2. The highest BCUT2D eigenvalue weighted by atomic mass is 35.5. The number of carbonyl (C=O) groups is 1. The summed E-state index contributed by atoms with van der Waals surface area (Å²) < 4.78 is 42.7. The zero-order valence-corrected chi connectivity index (χ0v) is 15.1. The van der Waals surface area contributed by atoms with Gasteiger partial charge < -0.3 is 10.1 Å². The van der Waals surface area contributed by atoms with E-state index in [-0.39, 0.29) is 31.0 Å². The highest BCUT2D eigenvalue weighted by Gasteiger charge is 2.29. The fourth-order valence-corrected chi connectivity index (χ4v) is 2.36. The van der Waals surface area contributed by atoms with E-state index < -0.39 is 11.7 Å². The van der Waals surface area contributed by atoms with Gasteiger partial charge in [0.25, 0.3) is 0 Å². The Kier molecular flexibility index (Phi) is 8.61. The van der Waals surface area contributed by atoms with Crippen molar-refractivity contribution in [2.45, 2.75) is 25.6 Å². The normalized spacial score (nSPS) is 12.2. The van der Waals surface area contributed by atoms with E-state index in [1.807, 2.05) is 13.0 Å². The Labute approximate surface area is 157 Å². The molecule has 0 bridgehead atoms. The summed E-state index contributed by atoms with van der Waals surface area (Å²) in [7, 11) is 0. The number of alkyl halides is 3. The molecule has 0 aliphatic rings. The van der Waals surface area contributed by atoms with Gasteiger partial charge in [-0.1, -0.05) is 30.3 Å². The number of ether oxygens (including phenoxy) is 1. The van der Waals surface area contributed by atoms with Crippen LogP contribution in [0.1, 0.15) is 28.4 Å². The summed E-state index contributed by atoms with van der Waals surface area (Å²) in [6.07, 6.45) is -3.73. The van der Waals surface area contributed by atoms with Crippen LogP contribution in [0.4, 0.5) is 13.2 Å². The van der Waals surface area contributed by atoms with Gasteiger partial charge in [-0.2, -0.15) is 13.2 Å². The van der Waals surface area contributed by atoms with E-state index in [0.717, 1.165) is 17.7 Å². The molecule has 2 aromatic rings. The fourth-order valence-electron chi connectivity index (χ4n) is 2.36. The average Bonchev–Trinajstić information content (AvgIpc) is 2.59. The van der Waals surface area contributed by atoms with Gasteiger partial charge in [0, 0.05) is 12.6 Å². The van der Waals surface area contributed by atoms with Crippen molar-refractivity contribution >= 4 is 18.4 Å². The van der Waals surface area contributed by atoms with Crippen LogP contribution in [-0.4, -0.2) is 25.2 Å². The van der Waals surface area contributed by atoms with Crippen LogP contribution in [-0.2, 0) is 17.3 Å². The Bertz CT molecular complexity index is 675. The lowest BCUT2D eigenvalue weighted by atomic mass is 10.0. The molecule has 0 saturated carbocycles. The smallest absolute Gasteiger partial charge is 0.416 e. The van der Waals surface area contributed by atoms with Gasteiger partial charge >= 0.3 is 12.1 Å². The third kappa shape index (κ3) is 7.06. The van der Waals surface area contributed by atoms with Crippen molar-refractivity contribution in [3.8, 4) is 0 Å². The quantitative estimate of drug-likeness (QED) is 0.561. The molecule has 1 N–H and O–H groups in total. The number of nitrogens with one attached hydrogen (secondary N) is 1. The first kappa shape index (κ1) is 22.0. The van der Waals surface area contributed by atoms with Crippen molar-refractivity contribution in [1.82, 2.24) is 5.32 Å². The number of rotatable bonds is 7.